The second-order valence-electron chi connectivity index (χ2n) is 6.62. The lowest BCUT2D eigenvalue weighted by Crippen LogP contribution is -2.27. The zero-order valence-corrected chi connectivity index (χ0v) is 15.6. The van der Waals surface area contributed by atoms with E-state index in [2.05, 4.69) is 34.7 Å². The highest BCUT2D eigenvalue weighted by Crippen LogP contribution is 2.20. The van der Waals surface area contributed by atoms with Gasteiger partial charge >= 0.3 is 0 Å². The fourth-order valence-corrected chi connectivity index (χ4v) is 3.60. The Kier molecular flexibility index (Phi) is 5.95. The summed E-state index contributed by atoms with van der Waals surface area (Å²) in [5.41, 5.74) is 1.01. The number of anilines is 2. The van der Waals surface area contributed by atoms with Gasteiger partial charge in [-0.05, 0) is 37.0 Å². The van der Waals surface area contributed by atoms with E-state index in [4.69, 9.17) is 4.74 Å². The minimum absolute atomic E-state index is 0.178. The normalized spacial score (nSPS) is 16.7. The topological polar surface area (TPSA) is 93.2 Å². The van der Waals surface area contributed by atoms with E-state index in [1.807, 2.05) is 0 Å². The third kappa shape index (κ3) is 4.86. The molecular weight excluding hydrogens is 352 g/mol. The summed E-state index contributed by atoms with van der Waals surface area (Å²) in [4.78, 5) is 24.6. The Balaban J connectivity index is 1.62. The van der Waals surface area contributed by atoms with Crippen LogP contribution in [0.4, 0.5) is 10.8 Å². The number of hydrogen-bond donors (Lipinski definition) is 2. The molecule has 2 N–H and O–H groups in total. The Morgan fingerprint density at radius 3 is 2.88 bits per heavy atom. The number of carbonyl (C=O) groups excluding carboxylic acids is 2. The summed E-state index contributed by atoms with van der Waals surface area (Å²) in [6.07, 6.45) is 2.04. The molecule has 0 spiro atoms. The molecule has 8 heteroatoms. The van der Waals surface area contributed by atoms with Gasteiger partial charge in [0.05, 0.1) is 0 Å². The SMILES string of the molecule is CC(C)Cc1nnc(NC(=O)c2cccc(NC(=O)[C@H]3CCCO3)c2)s1. The van der Waals surface area contributed by atoms with Crippen molar-refractivity contribution in [2.45, 2.75) is 39.2 Å². The highest BCUT2D eigenvalue weighted by Gasteiger charge is 2.23. The number of benzene rings is 1. The van der Waals surface area contributed by atoms with Crippen LogP contribution in [-0.4, -0.2) is 34.7 Å². The highest BCUT2D eigenvalue weighted by atomic mass is 32.1. The zero-order chi connectivity index (χ0) is 18.5. The Morgan fingerprint density at radius 1 is 1.31 bits per heavy atom. The van der Waals surface area contributed by atoms with E-state index in [1.165, 1.54) is 11.3 Å². The maximum Gasteiger partial charge on any atom is 0.257 e. The molecule has 1 aliphatic heterocycles. The van der Waals surface area contributed by atoms with Crippen LogP contribution in [0.3, 0.4) is 0 Å². The summed E-state index contributed by atoms with van der Waals surface area (Å²) >= 11 is 1.38. The summed E-state index contributed by atoms with van der Waals surface area (Å²) in [5, 5.41) is 15.0. The predicted octanol–water partition coefficient (Wildman–Crippen LogP) is 3.11. The maximum absolute atomic E-state index is 12.4. The molecule has 0 aliphatic carbocycles. The summed E-state index contributed by atoms with van der Waals surface area (Å²) in [6, 6.07) is 6.80. The molecular formula is C18H22N4O3S. The van der Waals surface area contributed by atoms with E-state index in [0.717, 1.165) is 24.3 Å². The van der Waals surface area contributed by atoms with Gasteiger partial charge in [0.15, 0.2) is 0 Å². The lowest BCUT2D eigenvalue weighted by atomic mass is 10.1. The Bertz CT molecular complexity index is 784. The highest BCUT2D eigenvalue weighted by molar-refractivity contribution is 7.15. The van der Waals surface area contributed by atoms with Crippen molar-refractivity contribution in [1.29, 1.82) is 0 Å². The van der Waals surface area contributed by atoms with E-state index in [0.29, 0.717) is 28.9 Å². The van der Waals surface area contributed by atoms with Crippen molar-refractivity contribution in [3.05, 3.63) is 34.8 Å². The number of hydrogen-bond acceptors (Lipinski definition) is 6. The number of carbonyl (C=O) groups is 2. The predicted molar refractivity (Wildman–Crippen MR) is 100 cm³/mol. The van der Waals surface area contributed by atoms with Gasteiger partial charge < -0.3 is 10.1 Å². The Hall–Kier alpha value is -2.32. The van der Waals surface area contributed by atoms with Crippen molar-refractivity contribution in [1.82, 2.24) is 10.2 Å². The number of amides is 2. The minimum Gasteiger partial charge on any atom is -0.368 e. The van der Waals surface area contributed by atoms with Gasteiger partial charge in [0.1, 0.15) is 11.1 Å². The molecule has 1 aliphatic rings. The molecule has 138 valence electrons. The van der Waals surface area contributed by atoms with Crippen molar-refractivity contribution in [3.8, 4) is 0 Å². The third-order valence-electron chi connectivity index (χ3n) is 3.88. The Morgan fingerprint density at radius 2 is 2.15 bits per heavy atom. The Labute approximate surface area is 156 Å². The average molecular weight is 374 g/mol. The van der Waals surface area contributed by atoms with Gasteiger partial charge in [-0.3, -0.25) is 14.9 Å². The van der Waals surface area contributed by atoms with Gasteiger partial charge in [0.25, 0.3) is 11.8 Å². The number of rotatable bonds is 6. The molecule has 2 amide bonds. The number of aromatic nitrogens is 2. The van der Waals surface area contributed by atoms with Crippen molar-refractivity contribution in [3.63, 3.8) is 0 Å². The van der Waals surface area contributed by atoms with Crippen LogP contribution in [0.5, 0.6) is 0 Å². The lowest BCUT2D eigenvalue weighted by Gasteiger charge is -2.11. The zero-order valence-electron chi connectivity index (χ0n) is 14.8. The maximum atomic E-state index is 12.4. The van der Waals surface area contributed by atoms with E-state index in [-0.39, 0.29) is 11.8 Å². The van der Waals surface area contributed by atoms with Gasteiger partial charge in [-0.15, -0.1) is 10.2 Å². The van der Waals surface area contributed by atoms with Crippen molar-refractivity contribution < 1.29 is 14.3 Å². The quantitative estimate of drug-likeness (QED) is 0.810. The fraction of sp³-hybridized carbons (Fsp3) is 0.444. The molecule has 1 saturated heterocycles. The smallest absolute Gasteiger partial charge is 0.257 e. The monoisotopic (exact) mass is 374 g/mol. The molecule has 0 radical (unpaired) electrons. The van der Waals surface area contributed by atoms with Gasteiger partial charge in [0.2, 0.25) is 5.13 Å². The minimum atomic E-state index is -0.409. The third-order valence-corrected chi connectivity index (χ3v) is 4.75. The molecule has 1 fully saturated rings. The van der Waals surface area contributed by atoms with Crippen molar-refractivity contribution >= 4 is 34.0 Å². The molecule has 2 aromatic rings. The van der Waals surface area contributed by atoms with Crippen LogP contribution >= 0.6 is 11.3 Å². The van der Waals surface area contributed by atoms with Crippen LogP contribution < -0.4 is 10.6 Å². The van der Waals surface area contributed by atoms with Crippen molar-refractivity contribution in [2.75, 3.05) is 17.2 Å². The van der Waals surface area contributed by atoms with Crippen LogP contribution in [-0.2, 0) is 16.0 Å². The first-order chi connectivity index (χ1) is 12.5. The average Bonchev–Trinajstić information content (AvgIpc) is 3.26. The van der Waals surface area contributed by atoms with Gasteiger partial charge in [-0.2, -0.15) is 0 Å². The van der Waals surface area contributed by atoms with Crippen LogP contribution in [0.2, 0.25) is 0 Å². The van der Waals surface area contributed by atoms with E-state index in [1.54, 1.807) is 24.3 Å². The summed E-state index contributed by atoms with van der Waals surface area (Å²) in [5.74, 6) is 0.0172. The van der Waals surface area contributed by atoms with Crippen LogP contribution in [0.15, 0.2) is 24.3 Å². The number of nitrogens with zero attached hydrogens (tertiary/aromatic N) is 2. The van der Waals surface area contributed by atoms with Gasteiger partial charge in [-0.1, -0.05) is 31.3 Å². The number of ether oxygens (including phenoxy) is 1. The molecule has 2 heterocycles. The largest absolute Gasteiger partial charge is 0.368 e. The summed E-state index contributed by atoms with van der Waals surface area (Å²) in [7, 11) is 0. The molecule has 3 rings (SSSR count). The second-order valence-corrected chi connectivity index (χ2v) is 7.69. The van der Waals surface area contributed by atoms with Gasteiger partial charge in [0, 0.05) is 24.3 Å². The van der Waals surface area contributed by atoms with E-state index < -0.39 is 6.10 Å². The number of nitrogens with one attached hydrogen (secondary N) is 2. The molecule has 7 nitrogen and oxygen atoms in total. The molecule has 1 atom stereocenters. The van der Waals surface area contributed by atoms with Crippen LogP contribution in [0, 0.1) is 5.92 Å². The first kappa shape index (κ1) is 18.5. The fourth-order valence-electron chi connectivity index (χ4n) is 2.65. The van der Waals surface area contributed by atoms with Crippen molar-refractivity contribution in [2.24, 2.45) is 5.92 Å². The summed E-state index contributed by atoms with van der Waals surface area (Å²) < 4.78 is 5.37. The molecule has 0 bridgehead atoms. The lowest BCUT2D eigenvalue weighted by molar-refractivity contribution is -0.124. The van der Waals surface area contributed by atoms with Crippen LogP contribution in [0.25, 0.3) is 0 Å². The van der Waals surface area contributed by atoms with E-state index >= 15 is 0 Å². The summed E-state index contributed by atoms with van der Waals surface area (Å²) in [6.45, 7) is 4.83. The standard InChI is InChI=1S/C18H22N4O3S/c1-11(2)9-15-21-22-18(26-15)20-16(23)12-5-3-6-13(10-12)19-17(24)14-7-4-8-25-14/h3,5-6,10-11,14H,4,7-9H2,1-2H3,(H,19,24)(H,20,22,23)/t14-/m1/s1. The first-order valence-electron chi connectivity index (χ1n) is 8.67. The molecule has 0 unspecified atom stereocenters. The van der Waals surface area contributed by atoms with Crippen LogP contribution in [0.1, 0.15) is 42.1 Å². The molecule has 1 aromatic heterocycles. The molecule has 26 heavy (non-hydrogen) atoms. The molecule has 1 aromatic carbocycles. The second kappa shape index (κ2) is 8.37. The van der Waals surface area contributed by atoms with Gasteiger partial charge in [-0.25, -0.2) is 0 Å². The first-order valence-corrected chi connectivity index (χ1v) is 9.49. The molecule has 0 saturated carbocycles. The van der Waals surface area contributed by atoms with E-state index in [9.17, 15) is 9.59 Å².